The monoisotopic (exact) mass is 356 g/mol. The molecule has 0 unspecified atom stereocenters. The molecule has 136 valence electrons. The van der Waals surface area contributed by atoms with E-state index in [1.807, 2.05) is 6.92 Å². The van der Waals surface area contributed by atoms with Gasteiger partial charge in [-0.3, -0.25) is 4.79 Å². The smallest absolute Gasteiger partial charge is 0.243 e. The topological polar surface area (TPSA) is 105 Å². The third-order valence-electron chi connectivity index (χ3n) is 3.57. The highest BCUT2D eigenvalue weighted by molar-refractivity contribution is 7.89. The zero-order valence-electron chi connectivity index (χ0n) is 14.8. The fourth-order valence-corrected chi connectivity index (χ4v) is 3.64. The molecule has 1 amide bonds. The Morgan fingerprint density at radius 3 is 2.33 bits per heavy atom. The number of carbonyl (C=O) groups is 1. The van der Waals surface area contributed by atoms with E-state index in [0.29, 0.717) is 31.0 Å². The number of benzene rings is 1. The van der Waals surface area contributed by atoms with Gasteiger partial charge in [-0.05, 0) is 31.5 Å². The lowest BCUT2D eigenvalue weighted by molar-refractivity contribution is -0.117. The molecular formula is C16H28N4O3S. The molecule has 1 atom stereocenters. The third kappa shape index (κ3) is 4.93. The number of rotatable bonds is 9. The lowest BCUT2D eigenvalue weighted by atomic mass is 10.2. The van der Waals surface area contributed by atoms with Crippen LogP contribution in [-0.4, -0.2) is 44.3 Å². The molecule has 4 N–H and O–H groups in total. The molecule has 0 saturated carbocycles. The highest BCUT2D eigenvalue weighted by Crippen LogP contribution is 2.27. The summed E-state index contributed by atoms with van der Waals surface area (Å²) in [6.07, 6.45) is 0.903. The average Bonchev–Trinajstić information content (AvgIpc) is 2.54. The second kappa shape index (κ2) is 9.00. The SMILES string of the molecule is CCCNc1ccc(S(=O)(=O)N(CC)CC)cc1NC(=O)[C@H](C)N. The summed E-state index contributed by atoms with van der Waals surface area (Å²) >= 11 is 0. The van der Waals surface area contributed by atoms with Gasteiger partial charge in [0, 0.05) is 19.6 Å². The summed E-state index contributed by atoms with van der Waals surface area (Å²) in [5.41, 5.74) is 6.68. The molecular weight excluding hydrogens is 328 g/mol. The average molecular weight is 356 g/mol. The molecule has 0 aliphatic rings. The van der Waals surface area contributed by atoms with Crippen LogP contribution in [0.1, 0.15) is 34.1 Å². The molecule has 0 aliphatic heterocycles. The minimum Gasteiger partial charge on any atom is -0.383 e. The number of hydrogen-bond donors (Lipinski definition) is 3. The van der Waals surface area contributed by atoms with E-state index >= 15 is 0 Å². The Balaban J connectivity index is 3.28. The van der Waals surface area contributed by atoms with E-state index in [1.54, 1.807) is 32.9 Å². The van der Waals surface area contributed by atoms with Gasteiger partial charge in [-0.15, -0.1) is 0 Å². The number of carbonyl (C=O) groups excluding carboxylic acids is 1. The Bertz CT molecular complexity index is 655. The Labute approximate surface area is 144 Å². The highest BCUT2D eigenvalue weighted by Gasteiger charge is 2.23. The number of nitrogens with two attached hydrogens (primary N) is 1. The number of sulfonamides is 1. The minimum absolute atomic E-state index is 0.147. The van der Waals surface area contributed by atoms with Crippen molar-refractivity contribution in [3.63, 3.8) is 0 Å². The molecule has 0 spiro atoms. The molecule has 0 bridgehead atoms. The van der Waals surface area contributed by atoms with Crippen molar-refractivity contribution in [2.75, 3.05) is 30.3 Å². The van der Waals surface area contributed by atoms with Crippen molar-refractivity contribution in [1.29, 1.82) is 0 Å². The van der Waals surface area contributed by atoms with Crippen molar-refractivity contribution < 1.29 is 13.2 Å². The molecule has 1 rings (SSSR count). The van der Waals surface area contributed by atoms with Crippen LogP contribution in [0.5, 0.6) is 0 Å². The van der Waals surface area contributed by atoms with Crippen LogP contribution in [0.15, 0.2) is 23.1 Å². The predicted octanol–water partition coefficient (Wildman–Crippen LogP) is 1.82. The second-order valence-electron chi connectivity index (χ2n) is 5.50. The number of nitrogens with zero attached hydrogens (tertiary/aromatic N) is 1. The molecule has 0 saturated heterocycles. The summed E-state index contributed by atoms with van der Waals surface area (Å²) in [5, 5.41) is 5.88. The summed E-state index contributed by atoms with van der Waals surface area (Å²) < 4.78 is 26.7. The van der Waals surface area contributed by atoms with Gasteiger partial charge in [-0.2, -0.15) is 4.31 Å². The number of nitrogens with one attached hydrogen (secondary N) is 2. The zero-order valence-corrected chi connectivity index (χ0v) is 15.6. The van der Waals surface area contributed by atoms with E-state index in [4.69, 9.17) is 5.73 Å². The summed E-state index contributed by atoms with van der Waals surface area (Å²) in [6, 6.07) is 4.01. The molecule has 0 aliphatic carbocycles. The van der Waals surface area contributed by atoms with Gasteiger partial charge < -0.3 is 16.4 Å². The van der Waals surface area contributed by atoms with E-state index in [2.05, 4.69) is 10.6 Å². The van der Waals surface area contributed by atoms with Gasteiger partial charge in [0.05, 0.1) is 22.3 Å². The maximum atomic E-state index is 12.7. The maximum Gasteiger partial charge on any atom is 0.243 e. The Morgan fingerprint density at radius 2 is 1.83 bits per heavy atom. The lowest BCUT2D eigenvalue weighted by Gasteiger charge is -2.20. The van der Waals surface area contributed by atoms with Crippen molar-refractivity contribution in [3.8, 4) is 0 Å². The molecule has 24 heavy (non-hydrogen) atoms. The molecule has 0 heterocycles. The molecule has 0 fully saturated rings. The summed E-state index contributed by atoms with van der Waals surface area (Å²) in [5.74, 6) is -0.369. The fraction of sp³-hybridized carbons (Fsp3) is 0.562. The van der Waals surface area contributed by atoms with E-state index in [9.17, 15) is 13.2 Å². The first-order chi connectivity index (χ1) is 11.3. The largest absolute Gasteiger partial charge is 0.383 e. The van der Waals surface area contributed by atoms with E-state index in [1.165, 1.54) is 10.4 Å². The van der Waals surface area contributed by atoms with E-state index in [-0.39, 0.29) is 10.8 Å². The van der Waals surface area contributed by atoms with Gasteiger partial charge in [0.2, 0.25) is 15.9 Å². The van der Waals surface area contributed by atoms with Gasteiger partial charge in [-0.25, -0.2) is 8.42 Å². The van der Waals surface area contributed by atoms with Crippen LogP contribution in [0.2, 0.25) is 0 Å². The zero-order chi connectivity index (χ0) is 18.3. The Hall–Kier alpha value is -1.64. The van der Waals surface area contributed by atoms with E-state index < -0.39 is 16.1 Å². The van der Waals surface area contributed by atoms with Crippen LogP contribution in [0.25, 0.3) is 0 Å². The Kier molecular flexibility index (Phi) is 7.65. The highest BCUT2D eigenvalue weighted by atomic mass is 32.2. The predicted molar refractivity (Wildman–Crippen MR) is 97.6 cm³/mol. The fourth-order valence-electron chi connectivity index (χ4n) is 2.16. The first-order valence-corrected chi connectivity index (χ1v) is 9.66. The van der Waals surface area contributed by atoms with Crippen LogP contribution < -0.4 is 16.4 Å². The number of hydrogen-bond acceptors (Lipinski definition) is 5. The third-order valence-corrected chi connectivity index (χ3v) is 5.62. The summed E-state index contributed by atoms with van der Waals surface area (Å²) in [4.78, 5) is 12.1. The Morgan fingerprint density at radius 1 is 1.21 bits per heavy atom. The van der Waals surface area contributed by atoms with Gasteiger partial charge >= 0.3 is 0 Å². The van der Waals surface area contributed by atoms with Crippen molar-refractivity contribution in [1.82, 2.24) is 4.31 Å². The standard InChI is InChI=1S/C16H28N4O3S/c1-5-10-18-14-9-8-13(24(22,23)20(6-2)7-3)11-15(14)19-16(21)12(4)17/h8-9,11-12,18H,5-7,10,17H2,1-4H3,(H,19,21)/t12-/m0/s1. The molecule has 8 heteroatoms. The first kappa shape index (κ1) is 20.4. The van der Waals surface area contributed by atoms with Crippen molar-refractivity contribution >= 4 is 27.3 Å². The van der Waals surface area contributed by atoms with Crippen molar-refractivity contribution in [2.24, 2.45) is 5.73 Å². The number of anilines is 2. The van der Waals surface area contributed by atoms with Gasteiger partial charge in [0.25, 0.3) is 0 Å². The van der Waals surface area contributed by atoms with Crippen molar-refractivity contribution in [3.05, 3.63) is 18.2 Å². The van der Waals surface area contributed by atoms with Gasteiger partial charge in [-0.1, -0.05) is 20.8 Å². The lowest BCUT2D eigenvalue weighted by Crippen LogP contribution is -2.33. The first-order valence-electron chi connectivity index (χ1n) is 8.22. The summed E-state index contributed by atoms with van der Waals surface area (Å²) in [6.45, 7) is 8.65. The van der Waals surface area contributed by atoms with Crippen LogP contribution in [0, 0.1) is 0 Å². The molecule has 0 radical (unpaired) electrons. The van der Waals surface area contributed by atoms with E-state index in [0.717, 1.165) is 6.42 Å². The van der Waals surface area contributed by atoms with Crippen LogP contribution in [0.3, 0.4) is 0 Å². The summed E-state index contributed by atoms with van der Waals surface area (Å²) in [7, 11) is -3.59. The van der Waals surface area contributed by atoms with Crippen LogP contribution >= 0.6 is 0 Å². The van der Waals surface area contributed by atoms with Crippen LogP contribution in [0.4, 0.5) is 11.4 Å². The second-order valence-corrected chi connectivity index (χ2v) is 7.44. The minimum atomic E-state index is -3.59. The molecule has 1 aromatic rings. The van der Waals surface area contributed by atoms with Gasteiger partial charge in [0.15, 0.2) is 0 Å². The maximum absolute atomic E-state index is 12.7. The normalized spacial score (nSPS) is 12.9. The molecule has 0 aromatic heterocycles. The quantitative estimate of drug-likeness (QED) is 0.626. The number of amides is 1. The molecule has 1 aromatic carbocycles. The van der Waals surface area contributed by atoms with Crippen LogP contribution in [-0.2, 0) is 14.8 Å². The molecule has 7 nitrogen and oxygen atoms in total. The van der Waals surface area contributed by atoms with Gasteiger partial charge in [0.1, 0.15) is 0 Å². The van der Waals surface area contributed by atoms with Crippen molar-refractivity contribution in [2.45, 2.75) is 45.1 Å².